The molecule has 0 bridgehead atoms. The van der Waals surface area contributed by atoms with Crippen molar-refractivity contribution in [2.45, 2.75) is 6.04 Å². The molecule has 0 saturated heterocycles. The van der Waals surface area contributed by atoms with Gasteiger partial charge < -0.3 is 15.4 Å². The summed E-state index contributed by atoms with van der Waals surface area (Å²) in [6.07, 6.45) is 0. The van der Waals surface area contributed by atoms with E-state index in [4.69, 9.17) is 4.74 Å². The van der Waals surface area contributed by atoms with Crippen molar-refractivity contribution >= 4 is 17.3 Å². The van der Waals surface area contributed by atoms with Crippen molar-refractivity contribution in [3.63, 3.8) is 0 Å². The first-order chi connectivity index (χ1) is 8.10. The molecule has 0 spiro atoms. The lowest BCUT2D eigenvalue weighted by Gasteiger charge is -2.09. The number of nitro benzene ring substituents is 1. The summed E-state index contributed by atoms with van der Waals surface area (Å²) in [7, 11) is 3.02. The molecule has 0 saturated carbocycles. The largest absolute Gasteiger partial charge is 0.495 e. The number of hydrogen-bond acceptors (Lipinski definition) is 5. The van der Waals surface area contributed by atoms with Crippen LogP contribution in [-0.2, 0) is 4.79 Å². The maximum Gasteiger partial charge on any atom is 0.277 e. The van der Waals surface area contributed by atoms with E-state index in [1.165, 1.54) is 19.2 Å². The number of carbonyl (C=O) groups excluding carboxylic acids is 1. The predicted molar refractivity (Wildman–Crippen MR) is 60.1 cm³/mol. The van der Waals surface area contributed by atoms with Crippen molar-refractivity contribution in [2.24, 2.45) is 0 Å². The highest BCUT2D eigenvalue weighted by Gasteiger charge is 2.38. The SMILES string of the molecule is CNC1C(=O)Nc2c(OC)ccc([N+](=O)[O-])c21. The van der Waals surface area contributed by atoms with Crippen molar-refractivity contribution in [2.75, 3.05) is 19.5 Å². The minimum Gasteiger partial charge on any atom is -0.495 e. The Morgan fingerprint density at radius 1 is 1.53 bits per heavy atom. The summed E-state index contributed by atoms with van der Waals surface area (Å²) in [4.78, 5) is 22.1. The van der Waals surface area contributed by atoms with Gasteiger partial charge in [0.2, 0.25) is 5.91 Å². The molecular formula is C10H11N3O4. The first-order valence-electron chi connectivity index (χ1n) is 4.93. The van der Waals surface area contributed by atoms with Crippen LogP contribution in [0.25, 0.3) is 0 Å². The highest BCUT2D eigenvalue weighted by molar-refractivity contribution is 6.05. The summed E-state index contributed by atoms with van der Waals surface area (Å²) < 4.78 is 5.07. The van der Waals surface area contributed by atoms with Gasteiger partial charge in [0.15, 0.2) is 0 Å². The number of carbonyl (C=O) groups is 1. The lowest BCUT2D eigenvalue weighted by atomic mass is 10.1. The maximum atomic E-state index is 11.7. The highest BCUT2D eigenvalue weighted by atomic mass is 16.6. The quantitative estimate of drug-likeness (QED) is 0.599. The maximum absolute atomic E-state index is 11.7. The van der Waals surface area contributed by atoms with Gasteiger partial charge in [-0.15, -0.1) is 0 Å². The van der Waals surface area contributed by atoms with E-state index in [1.54, 1.807) is 7.05 Å². The zero-order valence-electron chi connectivity index (χ0n) is 9.31. The van der Waals surface area contributed by atoms with E-state index in [9.17, 15) is 14.9 Å². The highest BCUT2D eigenvalue weighted by Crippen LogP contribution is 2.43. The molecule has 17 heavy (non-hydrogen) atoms. The molecule has 1 unspecified atom stereocenters. The summed E-state index contributed by atoms with van der Waals surface area (Å²) in [5, 5.41) is 16.3. The van der Waals surface area contributed by atoms with E-state index in [0.29, 0.717) is 17.0 Å². The van der Waals surface area contributed by atoms with Gasteiger partial charge in [-0.3, -0.25) is 14.9 Å². The summed E-state index contributed by atoms with van der Waals surface area (Å²) in [6.45, 7) is 0. The molecule has 1 heterocycles. The van der Waals surface area contributed by atoms with E-state index in [1.807, 2.05) is 0 Å². The molecule has 0 aromatic heterocycles. The van der Waals surface area contributed by atoms with Gasteiger partial charge in [-0.25, -0.2) is 0 Å². The van der Waals surface area contributed by atoms with Crippen molar-refractivity contribution in [3.8, 4) is 5.75 Å². The second-order valence-corrected chi connectivity index (χ2v) is 3.54. The Morgan fingerprint density at radius 2 is 2.24 bits per heavy atom. The Bertz CT molecular complexity index is 501. The number of fused-ring (bicyclic) bond motifs is 1. The molecule has 2 rings (SSSR count). The summed E-state index contributed by atoms with van der Waals surface area (Å²) in [5.74, 6) is 0.0896. The number of anilines is 1. The van der Waals surface area contributed by atoms with Crippen LogP contribution in [-0.4, -0.2) is 25.0 Å². The number of ether oxygens (including phenoxy) is 1. The van der Waals surface area contributed by atoms with E-state index in [2.05, 4.69) is 10.6 Å². The minimum atomic E-state index is -0.722. The average Bonchev–Trinajstić information content (AvgIpc) is 2.63. The number of nitrogens with zero attached hydrogens (tertiary/aromatic N) is 1. The molecule has 1 aliphatic rings. The first-order valence-corrected chi connectivity index (χ1v) is 4.93. The van der Waals surface area contributed by atoms with Gasteiger partial charge in [0.1, 0.15) is 11.8 Å². The fourth-order valence-electron chi connectivity index (χ4n) is 1.94. The number of hydrogen-bond donors (Lipinski definition) is 2. The van der Waals surface area contributed by atoms with Crippen molar-refractivity contribution in [1.29, 1.82) is 0 Å². The summed E-state index contributed by atoms with van der Waals surface area (Å²) in [5.41, 5.74) is 0.589. The van der Waals surface area contributed by atoms with Crippen LogP contribution in [0, 0.1) is 10.1 Å². The first kappa shape index (κ1) is 11.3. The van der Waals surface area contributed by atoms with Gasteiger partial charge in [0.25, 0.3) is 5.69 Å². The molecule has 2 N–H and O–H groups in total. The number of rotatable bonds is 3. The molecular weight excluding hydrogens is 226 g/mol. The second-order valence-electron chi connectivity index (χ2n) is 3.54. The Kier molecular flexibility index (Phi) is 2.68. The fourth-order valence-corrected chi connectivity index (χ4v) is 1.94. The van der Waals surface area contributed by atoms with E-state index >= 15 is 0 Å². The zero-order valence-corrected chi connectivity index (χ0v) is 9.31. The predicted octanol–water partition coefficient (Wildman–Crippen LogP) is 0.816. The molecule has 7 heteroatoms. The molecule has 0 fully saturated rings. The number of likely N-dealkylation sites (N-methyl/N-ethyl adjacent to an activating group) is 1. The van der Waals surface area contributed by atoms with E-state index in [-0.39, 0.29) is 11.6 Å². The monoisotopic (exact) mass is 237 g/mol. The van der Waals surface area contributed by atoms with Crippen LogP contribution in [0.15, 0.2) is 12.1 Å². The average molecular weight is 237 g/mol. The second kappa shape index (κ2) is 4.02. The lowest BCUT2D eigenvalue weighted by molar-refractivity contribution is -0.385. The Labute approximate surface area is 96.9 Å². The lowest BCUT2D eigenvalue weighted by Crippen LogP contribution is -2.24. The van der Waals surface area contributed by atoms with Crippen LogP contribution in [0.2, 0.25) is 0 Å². The smallest absolute Gasteiger partial charge is 0.277 e. The van der Waals surface area contributed by atoms with Gasteiger partial charge in [-0.2, -0.15) is 0 Å². The number of benzene rings is 1. The third kappa shape index (κ3) is 1.60. The van der Waals surface area contributed by atoms with Gasteiger partial charge >= 0.3 is 0 Å². The standard InChI is InChI=1S/C10H11N3O4/c1-11-9-7-5(13(15)16)3-4-6(17-2)8(7)12-10(9)14/h3-4,9,11H,1-2H3,(H,12,14). The van der Waals surface area contributed by atoms with Crippen LogP contribution in [0.4, 0.5) is 11.4 Å². The molecule has 1 aromatic rings. The van der Waals surface area contributed by atoms with Gasteiger partial charge in [-0.05, 0) is 13.1 Å². The molecule has 1 amide bonds. The molecule has 1 atom stereocenters. The summed E-state index contributed by atoms with van der Waals surface area (Å²) in [6, 6.07) is 2.08. The molecule has 0 radical (unpaired) electrons. The molecule has 0 aliphatic carbocycles. The number of nitrogens with one attached hydrogen (secondary N) is 2. The molecule has 7 nitrogen and oxygen atoms in total. The Hall–Kier alpha value is -2.15. The van der Waals surface area contributed by atoms with Crippen LogP contribution >= 0.6 is 0 Å². The van der Waals surface area contributed by atoms with Crippen molar-refractivity contribution in [1.82, 2.24) is 5.32 Å². The number of amides is 1. The summed E-state index contributed by atoms with van der Waals surface area (Å²) >= 11 is 0. The topological polar surface area (TPSA) is 93.5 Å². The zero-order chi connectivity index (χ0) is 12.6. The number of nitro groups is 1. The van der Waals surface area contributed by atoms with Crippen molar-refractivity contribution in [3.05, 3.63) is 27.8 Å². The molecule has 90 valence electrons. The van der Waals surface area contributed by atoms with E-state index < -0.39 is 11.0 Å². The third-order valence-corrected chi connectivity index (χ3v) is 2.69. The minimum absolute atomic E-state index is 0.0986. The van der Waals surface area contributed by atoms with Crippen LogP contribution in [0.1, 0.15) is 11.6 Å². The Morgan fingerprint density at radius 3 is 2.76 bits per heavy atom. The fraction of sp³-hybridized carbons (Fsp3) is 0.300. The number of methoxy groups -OCH3 is 1. The molecule has 1 aliphatic heterocycles. The molecule has 1 aromatic carbocycles. The van der Waals surface area contributed by atoms with Gasteiger partial charge in [0.05, 0.1) is 23.3 Å². The van der Waals surface area contributed by atoms with Crippen LogP contribution < -0.4 is 15.4 Å². The Balaban J connectivity index is 2.67. The van der Waals surface area contributed by atoms with Crippen LogP contribution in [0.5, 0.6) is 5.75 Å². The van der Waals surface area contributed by atoms with Gasteiger partial charge in [-0.1, -0.05) is 0 Å². The van der Waals surface area contributed by atoms with Crippen molar-refractivity contribution < 1.29 is 14.5 Å². The normalized spacial score (nSPS) is 17.5. The van der Waals surface area contributed by atoms with E-state index in [0.717, 1.165) is 0 Å². The third-order valence-electron chi connectivity index (χ3n) is 2.69. The van der Waals surface area contributed by atoms with Gasteiger partial charge in [0, 0.05) is 6.07 Å². The van der Waals surface area contributed by atoms with Crippen LogP contribution in [0.3, 0.4) is 0 Å².